The van der Waals surface area contributed by atoms with Crippen LogP contribution in [0.3, 0.4) is 0 Å². The third-order valence-corrected chi connectivity index (χ3v) is 2.54. The van der Waals surface area contributed by atoms with E-state index in [1.807, 2.05) is 24.3 Å². The van der Waals surface area contributed by atoms with Crippen LogP contribution in [0.15, 0.2) is 53.4 Å². The molecule has 0 N–H and O–H groups in total. The van der Waals surface area contributed by atoms with Gasteiger partial charge in [0, 0.05) is 11.0 Å². The summed E-state index contributed by atoms with van der Waals surface area (Å²) in [6, 6.07) is 14.0. The fourth-order valence-corrected chi connectivity index (χ4v) is 1.78. The Kier molecular flexibility index (Phi) is 2.92. The van der Waals surface area contributed by atoms with Crippen molar-refractivity contribution in [3.63, 3.8) is 0 Å². The van der Waals surface area contributed by atoms with Crippen molar-refractivity contribution in [1.29, 1.82) is 0 Å². The van der Waals surface area contributed by atoms with Crippen molar-refractivity contribution in [3.8, 4) is 11.1 Å². The molecule has 0 aliphatic carbocycles. The zero-order valence-corrected chi connectivity index (χ0v) is 9.22. The Balaban J connectivity index is 2.60. The van der Waals surface area contributed by atoms with E-state index in [4.69, 9.17) is 0 Å². The van der Waals surface area contributed by atoms with Gasteiger partial charge in [-0.2, -0.15) is 0 Å². The zero-order valence-electron chi connectivity index (χ0n) is 8.33. The highest BCUT2D eigenvalue weighted by Gasteiger charge is 2.13. The molecule has 80 valence electrons. The smallest absolute Gasteiger partial charge is 0.258 e. The normalized spacial score (nSPS) is 10.1. The summed E-state index contributed by atoms with van der Waals surface area (Å²) in [4.78, 5) is 11.3. The minimum Gasteiger partial charge on any atom is -0.258 e. The van der Waals surface area contributed by atoms with Crippen molar-refractivity contribution in [2.24, 2.45) is 0 Å². The van der Waals surface area contributed by atoms with Crippen molar-refractivity contribution >= 4 is 18.3 Å². The molecule has 3 nitrogen and oxygen atoms in total. The van der Waals surface area contributed by atoms with E-state index < -0.39 is 0 Å². The quantitative estimate of drug-likeness (QED) is 0.488. The number of benzene rings is 2. The van der Waals surface area contributed by atoms with E-state index in [0.717, 1.165) is 10.5 Å². The lowest BCUT2D eigenvalue weighted by Crippen LogP contribution is -1.91. The van der Waals surface area contributed by atoms with Gasteiger partial charge in [-0.25, -0.2) is 0 Å². The molecule has 0 aliphatic rings. The molecular weight excluding hydrogens is 222 g/mol. The molecule has 0 aromatic heterocycles. The number of para-hydroxylation sites is 1. The molecule has 0 bridgehead atoms. The molecule has 0 aliphatic heterocycles. The van der Waals surface area contributed by atoms with Gasteiger partial charge >= 0.3 is 0 Å². The Morgan fingerprint density at radius 2 is 1.81 bits per heavy atom. The molecule has 0 radical (unpaired) electrons. The number of nitro benzene ring substituents is 1. The number of nitro groups is 1. The van der Waals surface area contributed by atoms with E-state index in [1.165, 1.54) is 6.07 Å². The predicted octanol–water partition coefficient (Wildman–Crippen LogP) is 3.55. The summed E-state index contributed by atoms with van der Waals surface area (Å²) in [6.45, 7) is 0. The van der Waals surface area contributed by atoms with Crippen LogP contribution in [0, 0.1) is 10.1 Å². The second-order valence-electron chi connectivity index (χ2n) is 3.32. The first-order chi connectivity index (χ1) is 7.68. The minimum atomic E-state index is -0.374. The highest BCUT2D eigenvalue weighted by Crippen LogP contribution is 2.30. The third kappa shape index (κ3) is 2.06. The molecule has 2 aromatic carbocycles. The largest absolute Gasteiger partial charge is 0.277 e. The van der Waals surface area contributed by atoms with Gasteiger partial charge in [-0.3, -0.25) is 10.1 Å². The van der Waals surface area contributed by atoms with Crippen molar-refractivity contribution in [1.82, 2.24) is 0 Å². The Bertz CT molecular complexity index is 540. The summed E-state index contributed by atoms with van der Waals surface area (Å²) in [5, 5.41) is 10.9. The lowest BCUT2D eigenvalue weighted by molar-refractivity contribution is -0.384. The van der Waals surface area contributed by atoms with Gasteiger partial charge in [0.25, 0.3) is 5.69 Å². The topological polar surface area (TPSA) is 43.1 Å². The zero-order chi connectivity index (χ0) is 11.5. The Labute approximate surface area is 98.3 Å². The number of hydrogen-bond donors (Lipinski definition) is 1. The summed E-state index contributed by atoms with van der Waals surface area (Å²) in [5.74, 6) is 0. The lowest BCUT2D eigenvalue weighted by Gasteiger charge is -2.03. The molecule has 0 saturated carbocycles. The van der Waals surface area contributed by atoms with E-state index in [2.05, 4.69) is 12.6 Å². The maximum absolute atomic E-state index is 10.9. The predicted molar refractivity (Wildman–Crippen MR) is 65.8 cm³/mol. The van der Waals surface area contributed by atoms with Gasteiger partial charge in [-0.15, -0.1) is 12.6 Å². The van der Waals surface area contributed by atoms with E-state index >= 15 is 0 Å². The van der Waals surface area contributed by atoms with Crippen LogP contribution < -0.4 is 0 Å². The molecule has 0 fully saturated rings. The van der Waals surface area contributed by atoms with Crippen LogP contribution >= 0.6 is 12.6 Å². The molecule has 0 amide bonds. The van der Waals surface area contributed by atoms with Gasteiger partial charge in [-0.05, 0) is 23.8 Å². The number of nitrogens with zero attached hydrogens (tertiary/aromatic N) is 1. The highest BCUT2D eigenvalue weighted by atomic mass is 32.1. The van der Waals surface area contributed by atoms with Crippen LogP contribution in [0.2, 0.25) is 0 Å². The molecule has 0 atom stereocenters. The summed E-state index contributed by atoms with van der Waals surface area (Å²) < 4.78 is 0. The minimum absolute atomic E-state index is 0.112. The molecule has 2 rings (SSSR count). The van der Waals surface area contributed by atoms with E-state index in [1.54, 1.807) is 18.2 Å². The molecule has 16 heavy (non-hydrogen) atoms. The Morgan fingerprint density at radius 1 is 1.06 bits per heavy atom. The van der Waals surface area contributed by atoms with Gasteiger partial charge < -0.3 is 0 Å². The SMILES string of the molecule is O=[N+]([O-])c1ccccc1-c1cccc(S)c1. The summed E-state index contributed by atoms with van der Waals surface area (Å²) in [5.41, 5.74) is 1.53. The average Bonchev–Trinajstić information content (AvgIpc) is 2.29. The lowest BCUT2D eigenvalue weighted by atomic mass is 10.0. The maximum atomic E-state index is 10.9. The fourth-order valence-electron chi connectivity index (χ4n) is 1.55. The molecule has 0 heterocycles. The van der Waals surface area contributed by atoms with Crippen molar-refractivity contribution < 1.29 is 4.92 Å². The second-order valence-corrected chi connectivity index (χ2v) is 3.84. The van der Waals surface area contributed by atoms with E-state index in [-0.39, 0.29) is 10.6 Å². The molecule has 0 spiro atoms. The first kappa shape index (κ1) is 10.7. The first-order valence-electron chi connectivity index (χ1n) is 4.71. The summed E-state index contributed by atoms with van der Waals surface area (Å²) >= 11 is 4.22. The summed E-state index contributed by atoms with van der Waals surface area (Å²) in [6.07, 6.45) is 0. The van der Waals surface area contributed by atoms with Crippen molar-refractivity contribution in [2.75, 3.05) is 0 Å². The first-order valence-corrected chi connectivity index (χ1v) is 5.16. The highest BCUT2D eigenvalue weighted by molar-refractivity contribution is 7.80. The standard InChI is InChI=1S/C12H9NO2S/c14-13(15)12-7-2-1-6-11(12)9-4-3-5-10(16)8-9/h1-8,16H. The van der Waals surface area contributed by atoms with E-state index in [9.17, 15) is 10.1 Å². The van der Waals surface area contributed by atoms with Crippen LogP contribution in [0.4, 0.5) is 5.69 Å². The number of thiol groups is 1. The monoisotopic (exact) mass is 231 g/mol. The Morgan fingerprint density at radius 3 is 2.50 bits per heavy atom. The van der Waals surface area contributed by atoms with Gasteiger partial charge in [0.2, 0.25) is 0 Å². The fraction of sp³-hybridized carbons (Fsp3) is 0. The van der Waals surface area contributed by atoms with Gasteiger partial charge in [0.05, 0.1) is 10.5 Å². The van der Waals surface area contributed by atoms with Crippen molar-refractivity contribution in [3.05, 3.63) is 58.6 Å². The number of hydrogen-bond acceptors (Lipinski definition) is 3. The molecule has 4 heteroatoms. The van der Waals surface area contributed by atoms with Crippen LogP contribution in [-0.2, 0) is 0 Å². The van der Waals surface area contributed by atoms with Crippen LogP contribution in [0.25, 0.3) is 11.1 Å². The second kappa shape index (κ2) is 4.37. The summed E-state index contributed by atoms with van der Waals surface area (Å²) in [7, 11) is 0. The van der Waals surface area contributed by atoms with Crippen LogP contribution in [-0.4, -0.2) is 4.92 Å². The average molecular weight is 231 g/mol. The van der Waals surface area contributed by atoms with Gasteiger partial charge in [0.15, 0.2) is 0 Å². The van der Waals surface area contributed by atoms with Crippen molar-refractivity contribution in [2.45, 2.75) is 4.90 Å². The Hall–Kier alpha value is -1.81. The maximum Gasteiger partial charge on any atom is 0.277 e. The number of rotatable bonds is 2. The van der Waals surface area contributed by atoms with Gasteiger partial charge in [0.1, 0.15) is 0 Å². The molecular formula is C12H9NO2S. The molecule has 0 unspecified atom stereocenters. The van der Waals surface area contributed by atoms with Crippen LogP contribution in [0.5, 0.6) is 0 Å². The van der Waals surface area contributed by atoms with Crippen LogP contribution in [0.1, 0.15) is 0 Å². The van der Waals surface area contributed by atoms with Gasteiger partial charge in [-0.1, -0.05) is 24.3 Å². The van der Waals surface area contributed by atoms with E-state index in [0.29, 0.717) is 5.56 Å². The molecule has 0 saturated heterocycles. The third-order valence-electron chi connectivity index (χ3n) is 2.26. The molecule has 2 aromatic rings.